The molecule has 0 saturated heterocycles. The van der Waals surface area contributed by atoms with Crippen molar-refractivity contribution in [3.63, 3.8) is 0 Å². The zero-order valence-electron chi connectivity index (χ0n) is 11.9. The van der Waals surface area contributed by atoms with Gasteiger partial charge in [-0.1, -0.05) is 18.9 Å². The Hall–Kier alpha value is -1.88. The van der Waals surface area contributed by atoms with E-state index in [9.17, 15) is 14.7 Å². The standard InChI is InChI=1S/C16H20N2O3/c19-14(11-3-4-12-8-17-9-13(12)7-11)18-10-16(15(20)21)5-1-2-6-16/h3-4,7,17H,1-2,5-6,8-10H2,(H,18,19)(H,20,21). The Kier molecular flexibility index (Phi) is 3.68. The van der Waals surface area contributed by atoms with Crippen LogP contribution in [0, 0.1) is 5.41 Å². The van der Waals surface area contributed by atoms with Crippen molar-refractivity contribution in [1.29, 1.82) is 0 Å². The van der Waals surface area contributed by atoms with Crippen molar-refractivity contribution in [2.24, 2.45) is 5.41 Å². The van der Waals surface area contributed by atoms with Crippen LogP contribution < -0.4 is 10.6 Å². The Balaban J connectivity index is 1.68. The monoisotopic (exact) mass is 288 g/mol. The highest BCUT2D eigenvalue weighted by Crippen LogP contribution is 2.37. The first-order chi connectivity index (χ1) is 10.1. The maximum absolute atomic E-state index is 12.2. The van der Waals surface area contributed by atoms with Crippen molar-refractivity contribution in [3.8, 4) is 0 Å². The zero-order valence-corrected chi connectivity index (χ0v) is 11.9. The molecule has 5 heteroatoms. The number of carboxylic acids is 1. The van der Waals surface area contributed by atoms with Gasteiger partial charge >= 0.3 is 5.97 Å². The lowest BCUT2D eigenvalue weighted by molar-refractivity contribution is -0.148. The Bertz CT molecular complexity index is 577. The molecule has 1 aromatic rings. The minimum absolute atomic E-state index is 0.183. The van der Waals surface area contributed by atoms with Crippen LogP contribution in [0.2, 0.25) is 0 Å². The minimum Gasteiger partial charge on any atom is -0.481 e. The van der Waals surface area contributed by atoms with E-state index in [1.165, 1.54) is 5.56 Å². The molecule has 5 nitrogen and oxygen atoms in total. The number of fused-ring (bicyclic) bond motifs is 1. The number of nitrogens with one attached hydrogen (secondary N) is 2. The minimum atomic E-state index is -0.793. The van der Waals surface area contributed by atoms with Gasteiger partial charge in [-0.15, -0.1) is 0 Å². The van der Waals surface area contributed by atoms with Crippen molar-refractivity contribution in [3.05, 3.63) is 34.9 Å². The molecule has 3 N–H and O–H groups in total. The number of carboxylic acid groups (broad SMARTS) is 1. The van der Waals surface area contributed by atoms with Crippen LogP contribution in [0.4, 0.5) is 0 Å². The fraction of sp³-hybridized carbons (Fsp3) is 0.500. The summed E-state index contributed by atoms with van der Waals surface area (Å²) in [6.45, 7) is 1.85. The van der Waals surface area contributed by atoms with Gasteiger partial charge in [0.1, 0.15) is 0 Å². The molecule has 1 aliphatic carbocycles. The first-order valence-corrected chi connectivity index (χ1v) is 7.45. The Morgan fingerprint density at radius 3 is 2.62 bits per heavy atom. The fourth-order valence-electron chi connectivity index (χ4n) is 3.31. The van der Waals surface area contributed by atoms with Gasteiger partial charge in [0.15, 0.2) is 0 Å². The molecule has 1 saturated carbocycles. The van der Waals surface area contributed by atoms with E-state index in [-0.39, 0.29) is 12.5 Å². The van der Waals surface area contributed by atoms with Crippen molar-refractivity contribution >= 4 is 11.9 Å². The van der Waals surface area contributed by atoms with Crippen LogP contribution in [0.1, 0.15) is 47.2 Å². The van der Waals surface area contributed by atoms with Crippen LogP contribution in [0.25, 0.3) is 0 Å². The summed E-state index contributed by atoms with van der Waals surface area (Å²) < 4.78 is 0. The number of carbonyl (C=O) groups excluding carboxylic acids is 1. The van der Waals surface area contributed by atoms with Gasteiger partial charge < -0.3 is 15.7 Å². The van der Waals surface area contributed by atoms with E-state index in [0.717, 1.165) is 31.5 Å². The topological polar surface area (TPSA) is 78.4 Å². The van der Waals surface area contributed by atoms with Gasteiger partial charge in [-0.3, -0.25) is 9.59 Å². The summed E-state index contributed by atoms with van der Waals surface area (Å²) in [7, 11) is 0. The van der Waals surface area contributed by atoms with Crippen LogP contribution >= 0.6 is 0 Å². The van der Waals surface area contributed by atoms with Crippen molar-refractivity contribution in [2.45, 2.75) is 38.8 Å². The van der Waals surface area contributed by atoms with E-state index < -0.39 is 11.4 Å². The number of hydrogen-bond acceptors (Lipinski definition) is 3. The van der Waals surface area contributed by atoms with Crippen LogP contribution in [0.15, 0.2) is 18.2 Å². The summed E-state index contributed by atoms with van der Waals surface area (Å²) in [5, 5.41) is 15.5. The third kappa shape index (κ3) is 2.65. The molecule has 1 heterocycles. The van der Waals surface area contributed by atoms with E-state index in [4.69, 9.17) is 0 Å². The highest BCUT2D eigenvalue weighted by Gasteiger charge is 2.41. The molecular formula is C16H20N2O3. The van der Waals surface area contributed by atoms with E-state index >= 15 is 0 Å². The molecule has 1 aromatic carbocycles. The maximum atomic E-state index is 12.2. The van der Waals surface area contributed by atoms with Gasteiger partial charge in [0.25, 0.3) is 5.91 Å². The second kappa shape index (κ2) is 5.48. The first kappa shape index (κ1) is 14.1. The molecule has 0 spiro atoms. The van der Waals surface area contributed by atoms with Crippen LogP contribution in [-0.4, -0.2) is 23.5 Å². The zero-order chi connectivity index (χ0) is 14.9. The quantitative estimate of drug-likeness (QED) is 0.787. The maximum Gasteiger partial charge on any atom is 0.311 e. The average molecular weight is 288 g/mol. The largest absolute Gasteiger partial charge is 0.481 e. The van der Waals surface area contributed by atoms with Gasteiger partial charge in [0.05, 0.1) is 5.41 Å². The predicted octanol–water partition coefficient (Wildman–Crippen LogP) is 1.66. The van der Waals surface area contributed by atoms with Gasteiger partial charge in [-0.25, -0.2) is 0 Å². The molecule has 3 rings (SSSR count). The molecule has 1 fully saturated rings. The highest BCUT2D eigenvalue weighted by molar-refractivity contribution is 5.94. The van der Waals surface area contributed by atoms with Crippen LogP contribution in [0.3, 0.4) is 0 Å². The van der Waals surface area contributed by atoms with Gasteiger partial charge in [0.2, 0.25) is 0 Å². The third-order valence-corrected chi connectivity index (χ3v) is 4.70. The third-order valence-electron chi connectivity index (χ3n) is 4.70. The summed E-state index contributed by atoms with van der Waals surface area (Å²) in [6.07, 6.45) is 3.15. The Morgan fingerprint density at radius 1 is 1.19 bits per heavy atom. The smallest absolute Gasteiger partial charge is 0.311 e. The lowest BCUT2D eigenvalue weighted by Gasteiger charge is -2.24. The number of aliphatic carboxylic acids is 1. The Labute approximate surface area is 123 Å². The summed E-state index contributed by atoms with van der Waals surface area (Å²) >= 11 is 0. The fourth-order valence-corrected chi connectivity index (χ4v) is 3.31. The molecular weight excluding hydrogens is 268 g/mol. The van der Waals surface area contributed by atoms with E-state index in [1.807, 2.05) is 18.2 Å². The molecule has 2 aliphatic rings. The molecule has 0 aromatic heterocycles. The summed E-state index contributed by atoms with van der Waals surface area (Å²) in [5.41, 5.74) is 2.21. The predicted molar refractivity (Wildman–Crippen MR) is 77.9 cm³/mol. The van der Waals surface area contributed by atoms with E-state index in [0.29, 0.717) is 18.4 Å². The van der Waals surface area contributed by atoms with E-state index in [1.54, 1.807) is 0 Å². The van der Waals surface area contributed by atoms with Crippen molar-refractivity contribution in [1.82, 2.24) is 10.6 Å². The number of benzene rings is 1. The normalized spacial score (nSPS) is 19.2. The SMILES string of the molecule is O=C(NCC1(C(=O)O)CCCC1)c1ccc2c(c1)CNC2. The Morgan fingerprint density at radius 2 is 1.90 bits per heavy atom. The molecule has 1 aliphatic heterocycles. The van der Waals surface area contributed by atoms with Crippen molar-refractivity contribution in [2.75, 3.05) is 6.54 Å². The average Bonchev–Trinajstić information content (AvgIpc) is 3.13. The lowest BCUT2D eigenvalue weighted by Crippen LogP contribution is -2.41. The number of hydrogen-bond donors (Lipinski definition) is 3. The molecule has 0 radical (unpaired) electrons. The number of amides is 1. The highest BCUT2D eigenvalue weighted by atomic mass is 16.4. The molecule has 0 bridgehead atoms. The lowest BCUT2D eigenvalue weighted by atomic mass is 9.86. The van der Waals surface area contributed by atoms with Gasteiger partial charge in [-0.05, 0) is 36.1 Å². The number of rotatable bonds is 4. The second-order valence-corrected chi connectivity index (χ2v) is 6.06. The first-order valence-electron chi connectivity index (χ1n) is 7.45. The summed E-state index contributed by atoms with van der Waals surface area (Å²) in [5.74, 6) is -0.976. The van der Waals surface area contributed by atoms with Crippen molar-refractivity contribution < 1.29 is 14.7 Å². The summed E-state index contributed by atoms with van der Waals surface area (Å²) in [4.78, 5) is 23.7. The van der Waals surface area contributed by atoms with E-state index in [2.05, 4.69) is 10.6 Å². The molecule has 1 amide bonds. The van der Waals surface area contributed by atoms with Gasteiger partial charge in [0, 0.05) is 25.2 Å². The second-order valence-electron chi connectivity index (χ2n) is 6.06. The molecule has 0 unspecified atom stereocenters. The molecule has 112 valence electrons. The molecule has 21 heavy (non-hydrogen) atoms. The van der Waals surface area contributed by atoms with Crippen LogP contribution in [-0.2, 0) is 17.9 Å². The molecule has 0 atom stereocenters. The number of carbonyl (C=O) groups is 2. The van der Waals surface area contributed by atoms with Gasteiger partial charge in [-0.2, -0.15) is 0 Å². The summed E-state index contributed by atoms with van der Waals surface area (Å²) in [6, 6.07) is 5.67. The van der Waals surface area contributed by atoms with Crippen LogP contribution in [0.5, 0.6) is 0 Å².